The first-order valence-electron chi connectivity index (χ1n) is 6.14. The molecule has 3 nitrogen and oxygen atoms in total. The number of alkyl halides is 12. The van der Waals surface area contributed by atoms with Crippen LogP contribution in [0.25, 0.3) is 0 Å². The van der Waals surface area contributed by atoms with Gasteiger partial charge in [-0.05, 0) is 0 Å². The molecule has 0 saturated carbocycles. The molecule has 0 aliphatic heterocycles. The van der Waals surface area contributed by atoms with Crippen molar-refractivity contribution in [2.45, 2.75) is 29.5 Å². The van der Waals surface area contributed by atoms with Crippen molar-refractivity contribution >= 4 is 10.1 Å². The second kappa shape index (κ2) is 7.37. The van der Waals surface area contributed by atoms with Crippen LogP contribution in [0, 0.1) is 3.57 Å². The minimum absolute atomic E-state index is 0.343. The standard InChI is InChI=1S/C11H4F12IO3S/c12-7(13,14)5-1-3-6(4-2-5)24-27-28(25,26)11(22,23)9(17,18)8(15,16)10(19,20)21/h1-4H/q-1. The van der Waals surface area contributed by atoms with Gasteiger partial charge in [-0.3, -0.25) is 0 Å². The van der Waals surface area contributed by atoms with E-state index in [1.54, 1.807) is 0 Å². The van der Waals surface area contributed by atoms with Gasteiger partial charge in [-0.2, -0.15) is 0 Å². The van der Waals surface area contributed by atoms with Crippen LogP contribution in [-0.4, -0.2) is 31.7 Å². The maximum atomic E-state index is 13.4. The van der Waals surface area contributed by atoms with Crippen molar-refractivity contribution in [3.05, 3.63) is 33.4 Å². The molecule has 0 aliphatic rings. The van der Waals surface area contributed by atoms with Gasteiger partial charge in [0.1, 0.15) is 0 Å². The molecule has 0 saturated heterocycles. The summed E-state index contributed by atoms with van der Waals surface area (Å²) in [5, 5.41) is -7.01. The van der Waals surface area contributed by atoms with Crippen molar-refractivity contribution in [3.8, 4) is 0 Å². The van der Waals surface area contributed by atoms with Crippen LogP contribution in [0.4, 0.5) is 52.7 Å². The van der Waals surface area contributed by atoms with Crippen molar-refractivity contribution in [1.82, 2.24) is 0 Å². The third-order valence-electron chi connectivity index (χ3n) is 2.80. The predicted molar refractivity (Wildman–Crippen MR) is 61.0 cm³/mol. The summed E-state index contributed by atoms with van der Waals surface area (Å²) in [7, 11) is -7.03. The zero-order valence-corrected chi connectivity index (χ0v) is 15.3. The quantitative estimate of drug-likeness (QED) is 0.386. The van der Waals surface area contributed by atoms with E-state index in [1.807, 2.05) is 0 Å². The molecule has 0 radical (unpaired) electrons. The Morgan fingerprint density at radius 3 is 1.50 bits per heavy atom. The summed E-state index contributed by atoms with van der Waals surface area (Å²) in [4.78, 5) is 0. The maximum absolute atomic E-state index is 13.4. The Labute approximate surface area is 158 Å². The summed E-state index contributed by atoms with van der Waals surface area (Å²) >= 11 is -2.79. The number of benzene rings is 1. The average molecular weight is 571 g/mol. The average Bonchev–Trinajstić information content (AvgIpc) is 2.51. The molecule has 164 valence electrons. The van der Waals surface area contributed by atoms with Crippen molar-refractivity contribution in [3.63, 3.8) is 0 Å². The minimum atomic E-state index is -7.44. The van der Waals surface area contributed by atoms with Crippen molar-refractivity contribution < 1.29 is 85.2 Å². The molecule has 17 heteroatoms. The number of rotatable bonds is 6. The molecule has 0 aromatic heterocycles. The Kier molecular flexibility index (Phi) is 6.59. The van der Waals surface area contributed by atoms with Crippen LogP contribution in [0.15, 0.2) is 24.3 Å². The van der Waals surface area contributed by atoms with E-state index in [1.165, 1.54) is 0 Å². The van der Waals surface area contributed by atoms with E-state index in [0.29, 0.717) is 24.3 Å². The fourth-order valence-corrected chi connectivity index (χ4v) is 4.67. The Morgan fingerprint density at radius 1 is 0.714 bits per heavy atom. The molecule has 0 atom stereocenters. The van der Waals surface area contributed by atoms with Crippen molar-refractivity contribution in [1.29, 1.82) is 0 Å². The molecule has 0 amide bonds. The molecule has 0 spiro atoms. The topological polar surface area (TPSA) is 43.4 Å². The van der Waals surface area contributed by atoms with E-state index >= 15 is 0 Å². The summed E-state index contributed by atoms with van der Waals surface area (Å²) in [6.07, 6.45) is -12.1. The Balaban J connectivity index is 3.11. The van der Waals surface area contributed by atoms with Crippen molar-refractivity contribution in [2.24, 2.45) is 0 Å². The number of hydrogen-bond donors (Lipinski definition) is 0. The van der Waals surface area contributed by atoms with E-state index in [0.717, 1.165) is 0 Å². The summed E-state index contributed by atoms with van der Waals surface area (Å²) in [5.41, 5.74) is -1.26. The van der Waals surface area contributed by atoms with Gasteiger partial charge in [0.15, 0.2) is 0 Å². The van der Waals surface area contributed by atoms with Crippen LogP contribution in [-0.2, 0) is 18.8 Å². The van der Waals surface area contributed by atoms with Gasteiger partial charge >= 0.3 is 158 Å². The third-order valence-corrected chi connectivity index (χ3v) is 7.11. The molecule has 0 N–H and O–H groups in total. The Morgan fingerprint density at radius 2 is 1.14 bits per heavy atom. The van der Waals surface area contributed by atoms with Gasteiger partial charge in [0.25, 0.3) is 0 Å². The van der Waals surface area contributed by atoms with Crippen molar-refractivity contribution in [2.75, 3.05) is 0 Å². The first-order chi connectivity index (χ1) is 12.2. The van der Waals surface area contributed by atoms with E-state index in [9.17, 15) is 61.1 Å². The van der Waals surface area contributed by atoms with Gasteiger partial charge in [0.05, 0.1) is 0 Å². The molecule has 1 aromatic carbocycles. The van der Waals surface area contributed by atoms with E-state index in [-0.39, 0.29) is 0 Å². The normalized spacial score (nSPS) is 15.1. The van der Waals surface area contributed by atoms with Crippen LogP contribution in [0.2, 0.25) is 0 Å². The first-order valence-corrected chi connectivity index (χ1v) is 9.50. The summed E-state index contributed by atoms with van der Waals surface area (Å²) in [6, 6.07) is 1.73. The summed E-state index contributed by atoms with van der Waals surface area (Å²) in [5.74, 6) is -14.9. The Hall–Kier alpha value is -0.980. The van der Waals surface area contributed by atoms with E-state index in [2.05, 4.69) is 2.51 Å². The molecular formula is C11H4F12IO3S-. The molecule has 0 bridgehead atoms. The van der Waals surface area contributed by atoms with Crippen LogP contribution in [0.5, 0.6) is 0 Å². The molecule has 0 aliphatic carbocycles. The van der Waals surface area contributed by atoms with E-state index < -0.39 is 70.3 Å². The van der Waals surface area contributed by atoms with Gasteiger partial charge in [-0.25, -0.2) is 0 Å². The van der Waals surface area contributed by atoms with Crippen LogP contribution in [0.1, 0.15) is 5.56 Å². The summed E-state index contributed by atoms with van der Waals surface area (Å²) in [6.45, 7) is 0. The first kappa shape index (κ1) is 25.1. The SMILES string of the molecule is O=S(=O)(O[I-]c1ccc(C(F)(F)F)cc1)C(F)(F)C(F)(F)C(F)(F)C(F)(F)F. The molecule has 28 heavy (non-hydrogen) atoms. The monoisotopic (exact) mass is 571 g/mol. The number of halogens is 13. The fourth-order valence-electron chi connectivity index (χ4n) is 1.33. The molecule has 1 aromatic rings. The zero-order valence-electron chi connectivity index (χ0n) is 12.4. The third kappa shape index (κ3) is 4.44. The molecule has 0 unspecified atom stereocenters. The fraction of sp³-hybridized carbons (Fsp3) is 0.455. The van der Waals surface area contributed by atoms with Gasteiger partial charge in [0.2, 0.25) is 0 Å². The van der Waals surface area contributed by atoms with Crippen LogP contribution in [0.3, 0.4) is 0 Å². The van der Waals surface area contributed by atoms with Gasteiger partial charge in [-0.1, -0.05) is 0 Å². The van der Waals surface area contributed by atoms with Crippen LogP contribution >= 0.6 is 0 Å². The molecular weight excluding hydrogens is 567 g/mol. The molecule has 1 rings (SSSR count). The predicted octanol–water partition coefficient (Wildman–Crippen LogP) is 1.65. The van der Waals surface area contributed by atoms with Crippen LogP contribution < -0.4 is 21.6 Å². The summed E-state index contributed by atoms with van der Waals surface area (Å²) < 4.78 is 176. The second-order valence-electron chi connectivity index (χ2n) is 4.76. The molecule has 0 heterocycles. The zero-order chi connectivity index (χ0) is 22.4. The van der Waals surface area contributed by atoms with Gasteiger partial charge in [-0.15, -0.1) is 0 Å². The Bertz CT molecular complexity index is 798. The molecule has 0 fully saturated rings. The van der Waals surface area contributed by atoms with Gasteiger partial charge < -0.3 is 0 Å². The number of hydrogen-bond acceptors (Lipinski definition) is 3. The van der Waals surface area contributed by atoms with Gasteiger partial charge in [0, 0.05) is 0 Å². The van der Waals surface area contributed by atoms with E-state index in [4.69, 9.17) is 0 Å². The second-order valence-corrected chi connectivity index (χ2v) is 9.07.